The van der Waals surface area contributed by atoms with E-state index in [1.807, 2.05) is 30.3 Å². The first kappa shape index (κ1) is 27.4. The molecule has 1 spiro atoms. The van der Waals surface area contributed by atoms with E-state index >= 15 is 0 Å². The molecule has 0 bridgehead atoms. The van der Waals surface area contributed by atoms with Crippen molar-refractivity contribution in [3.05, 3.63) is 35.9 Å². The van der Waals surface area contributed by atoms with Crippen LogP contribution in [0, 0.1) is 52.3 Å². The quantitative estimate of drug-likeness (QED) is 0.465. The van der Waals surface area contributed by atoms with Gasteiger partial charge < -0.3 is 24.4 Å². The number of esters is 1. The molecule has 14 atom stereocenters. The molecule has 7 rings (SSSR count). The molecule has 2 saturated heterocycles. The third kappa shape index (κ3) is 3.92. The van der Waals surface area contributed by atoms with Crippen molar-refractivity contribution in [2.75, 3.05) is 6.61 Å². The molecular weight excluding hydrogens is 504 g/mol. The van der Waals surface area contributed by atoms with Gasteiger partial charge in [-0.25, -0.2) is 4.79 Å². The van der Waals surface area contributed by atoms with Gasteiger partial charge in [-0.2, -0.15) is 0 Å². The highest BCUT2D eigenvalue weighted by Gasteiger charge is 2.70. The SMILES string of the molecule is C[C@H]1CC[C@@]2(OC1)O[C@H]1C[C@H]3[C@@H]4C[C@@H](OC(=O)c5ccccc5)[C@H]5C[C@@H](O)[C@H](O)C[C@]5(C)[C@H]4CC[C@]3(C)[C@H]1[C@@H]2C. The van der Waals surface area contributed by atoms with Crippen LogP contribution in [0.4, 0.5) is 0 Å². The first-order valence-corrected chi connectivity index (χ1v) is 16.0. The lowest BCUT2D eigenvalue weighted by molar-refractivity contribution is -0.273. The molecule has 0 radical (unpaired) electrons. The van der Waals surface area contributed by atoms with Crippen molar-refractivity contribution in [3.63, 3.8) is 0 Å². The molecule has 2 heterocycles. The average molecular weight is 553 g/mol. The lowest BCUT2D eigenvalue weighted by atomic mass is 9.43. The van der Waals surface area contributed by atoms with Gasteiger partial charge in [0.25, 0.3) is 0 Å². The summed E-state index contributed by atoms with van der Waals surface area (Å²) in [6, 6.07) is 9.26. The summed E-state index contributed by atoms with van der Waals surface area (Å²) in [4.78, 5) is 13.3. The van der Waals surface area contributed by atoms with Gasteiger partial charge in [0.1, 0.15) is 6.10 Å². The zero-order chi connectivity index (χ0) is 28.0. The number of carbonyl (C=O) groups excluding carboxylic acids is 1. The van der Waals surface area contributed by atoms with Crippen molar-refractivity contribution in [1.29, 1.82) is 0 Å². The van der Waals surface area contributed by atoms with Gasteiger partial charge >= 0.3 is 5.97 Å². The van der Waals surface area contributed by atoms with Crippen LogP contribution in [0.2, 0.25) is 0 Å². The van der Waals surface area contributed by atoms with Crippen LogP contribution < -0.4 is 0 Å². The third-order valence-electron chi connectivity index (χ3n) is 13.2. The Morgan fingerprint density at radius 3 is 2.42 bits per heavy atom. The fourth-order valence-corrected chi connectivity index (χ4v) is 11.2. The Hall–Kier alpha value is -1.47. The summed E-state index contributed by atoms with van der Waals surface area (Å²) in [5.41, 5.74) is 0.546. The summed E-state index contributed by atoms with van der Waals surface area (Å²) in [6.45, 7) is 10.3. The van der Waals surface area contributed by atoms with Gasteiger partial charge in [-0.1, -0.05) is 45.9 Å². The minimum absolute atomic E-state index is 0.0427. The molecule has 2 aliphatic heterocycles. The van der Waals surface area contributed by atoms with Crippen molar-refractivity contribution < 1.29 is 29.2 Å². The highest BCUT2D eigenvalue weighted by Crippen LogP contribution is 2.71. The van der Waals surface area contributed by atoms with Crippen LogP contribution in [0.25, 0.3) is 0 Å². The number of rotatable bonds is 2. The Labute approximate surface area is 239 Å². The summed E-state index contributed by atoms with van der Waals surface area (Å²) < 4.78 is 19.8. The molecule has 1 aromatic rings. The number of ether oxygens (including phenoxy) is 3. The maximum absolute atomic E-state index is 13.3. The number of aliphatic hydroxyl groups is 2. The van der Waals surface area contributed by atoms with Crippen LogP contribution in [-0.2, 0) is 14.2 Å². The first-order valence-electron chi connectivity index (χ1n) is 16.0. The third-order valence-corrected chi connectivity index (χ3v) is 13.2. The fourth-order valence-electron chi connectivity index (χ4n) is 11.2. The summed E-state index contributed by atoms with van der Waals surface area (Å²) in [7, 11) is 0. The van der Waals surface area contributed by atoms with Gasteiger partial charge in [0.05, 0.1) is 30.5 Å². The number of carbonyl (C=O) groups is 1. The molecule has 40 heavy (non-hydrogen) atoms. The summed E-state index contributed by atoms with van der Waals surface area (Å²) in [6.07, 6.45) is 5.82. The van der Waals surface area contributed by atoms with Gasteiger partial charge in [-0.3, -0.25) is 0 Å². The standard InChI is InChI=1S/C34H48O6/c1-19-10-13-34(38-18-19)20(2)30-29(40-34)16-24-22-14-28(39-31(37)21-8-6-5-7-9-21)25-15-26(35)27(36)17-33(25,4)23(22)11-12-32(24,30)3/h5-9,19-20,22-30,35-36H,10-18H2,1-4H3/t19-,20-,22+,23-,24-,25+,26+,27+,28+,29-,30-,32-,33+,34+/m0/s1. The van der Waals surface area contributed by atoms with E-state index in [1.54, 1.807) is 0 Å². The van der Waals surface area contributed by atoms with Crippen molar-refractivity contribution >= 4 is 5.97 Å². The van der Waals surface area contributed by atoms with Gasteiger partial charge in [0.15, 0.2) is 5.79 Å². The predicted octanol–water partition coefficient (Wildman–Crippen LogP) is 5.60. The Kier molecular flexibility index (Phi) is 6.51. The predicted molar refractivity (Wildman–Crippen MR) is 150 cm³/mol. The monoisotopic (exact) mass is 552 g/mol. The molecule has 0 aromatic heterocycles. The maximum Gasteiger partial charge on any atom is 0.338 e. The number of hydrogen-bond donors (Lipinski definition) is 2. The normalized spacial score (nSPS) is 53.3. The molecule has 6 heteroatoms. The van der Waals surface area contributed by atoms with E-state index in [9.17, 15) is 15.0 Å². The van der Waals surface area contributed by atoms with Crippen molar-refractivity contribution in [2.24, 2.45) is 52.3 Å². The lowest BCUT2D eigenvalue weighted by Gasteiger charge is -2.63. The van der Waals surface area contributed by atoms with Crippen LogP contribution >= 0.6 is 0 Å². The second kappa shape index (κ2) is 9.52. The number of fused-ring (bicyclic) bond motifs is 7. The molecule has 2 N–H and O–H groups in total. The lowest BCUT2D eigenvalue weighted by Crippen LogP contribution is -2.61. The fraction of sp³-hybridized carbons (Fsp3) is 0.794. The highest BCUT2D eigenvalue weighted by atomic mass is 16.7. The van der Waals surface area contributed by atoms with E-state index < -0.39 is 18.0 Å². The molecule has 4 saturated carbocycles. The second-order valence-corrected chi connectivity index (χ2v) is 15.1. The molecule has 6 aliphatic rings. The molecule has 1 aromatic carbocycles. The van der Waals surface area contributed by atoms with E-state index in [0.29, 0.717) is 53.9 Å². The van der Waals surface area contributed by atoms with Crippen molar-refractivity contribution in [1.82, 2.24) is 0 Å². The zero-order valence-electron chi connectivity index (χ0n) is 24.6. The van der Waals surface area contributed by atoms with Crippen LogP contribution in [0.5, 0.6) is 0 Å². The Morgan fingerprint density at radius 2 is 1.70 bits per heavy atom. The Balaban J connectivity index is 1.19. The Bertz CT molecular complexity index is 1110. The molecule has 6 fully saturated rings. The Morgan fingerprint density at radius 1 is 0.925 bits per heavy atom. The van der Waals surface area contributed by atoms with E-state index in [2.05, 4.69) is 27.7 Å². The molecular formula is C34H48O6. The van der Waals surface area contributed by atoms with Crippen LogP contribution in [0.3, 0.4) is 0 Å². The summed E-state index contributed by atoms with van der Waals surface area (Å²) in [5, 5.41) is 21.6. The average Bonchev–Trinajstić information content (AvgIpc) is 3.38. The summed E-state index contributed by atoms with van der Waals surface area (Å²) in [5.74, 6) is 2.11. The zero-order valence-corrected chi connectivity index (χ0v) is 24.6. The maximum atomic E-state index is 13.3. The van der Waals surface area contributed by atoms with Crippen LogP contribution in [0.1, 0.15) is 89.4 Å². The molecule has 0 unspecified atom stereocenters. The van der Waals surface area contributed by atoms with Gasteiger partial charge in [0, 0.05) is 18.3 Å². The molecule has 6 nitrogen and oxygen atoms in total. The molecule has 4 aliphatic carbocycles. The highest BCUT2D eigenvalue weighted by molar-refractivity contribution is 5.89. The first-order chi connectivity index (χ1) is 19.1. The van der Waals surface area contributed by atoms with Crippen molar-refractivity contribution in [2.45, 2.75) is 109 Å². The van der Waals surface area contributed by atoms with Gasteiger partial charge in [0.2, 0.25) is 0 Å². The minimum atomic E-state index is -0.768. The number of benzene rings is 1. The summed E-state index contributed by atoms with van der Waals surface area (Å²) >= 11 is 0. The van der Waals surface area contributed by atoms with Crippen LogP contribution in [0.15, 0.2) is 30.3 Å². The van der Waals surface area contributed by atoms with Crippen molar-refractivity contribution in [3.8, 4) is 0 Å². The van der Waals surface area contributed by atoms with E-state index in [4.69, 9.17) is 14.2 Å². The molecule has 0 amide bonds. The smallest absolute Gasteiger partial charge is 0.338 e. The van der Waals surface area contributed by atoms with E-state index in [1.165, 1.54) is 0 Å². The van der Waals surface area contributed by atoms with Gasteiger partial charge in [-0.05, 0) is 97.5 Å². The van der Waals surface area contributed by atoms with E-state index in [0.717, 1.165) is 45.1 Å². The number of aliphatic hydroxyl groups excluding tert-OH is 2. The van der Waals surface area contributed by atoms with Crippen LogP contribution in [-0.4, -0.2) is 53.0 Å². The minimum Gasteiger partial charge on any atom is -0.458 e. The van der Waals surface area contributed by atoms with E-state index in [-0.39, 0.29) is 34.9 Å². The molecule has 220 valence electrons. The topological polar surface area (TPSA) is 85.2 Å². The largest absolute Gasteiger partial charge is 0.458 e. The second-order valence-electron chi connectivity index (χ2n) is 15.1. The number of hydrogen-bond acceptors (Lipinski definition) is 6. The van der Waals surface area contributed by atoms with Gasteiger partial charge in [-0.15, -0.1) is 0 Å².